The number of amides is 1. The third-order valence-electron chi connectivity index (χ3n) is 3.44. The van der Waals surface area contributed by atoms with Crippen LogP contribution >= 0.6 is 15.9 Å². The molecular weight excluding hydrogens is 388 g/mol. The van der Waals surface area contributed by atoms with Crippen molar-refractivity contribution in [3.8, 4) is 17.4 Å². The zero-order chi connectivity index (χ0) is 18.2. The van der Waals surface area contributed by atoms with Crippen molar-refractivity contribution in [2.75, 3.05) is 20.8 Å². The summed E-state index contributed by atoms with van der Waals surface area (Å²) in [6.07, 6.45) is 2.56. The lowest BCUT2D eigenvalue weighted by atomic mass is 10.1. The van der Waals surface area contributed by atoms with Crippen LogP contribution in [0.2, 0.25) is 0 Å². The van der Waals surface area contributed by atoms with Crippen molar-refractivity contribution in [1.29, 1.82) is 0 Å². The zero-order valence-corrected chi connectivity index (χ0v) is 16.1. The molecule has 6 nitrogen and oxygen atoms in total. The zero-order valence-electron chi connectivity index (χ0n) is 14.5. The Kier molecular flexibility index (Phi) is 7.06. The molecule has 1 amide bonds. The van der Waals surface area contributed by atoms with Crippen molar-refractivity contribution in [2.24, 2.45) is 0 Å². The largest absolute Gasteiger partial charge is 0.495 e. The highest BCUT2D eigenvalue weighted by molar-refractivity contribution is 9.10. The van der Waals surface area contributed by atoms with Gasteiger partial charge in [0.1, 0.15) is 16.0 Å². The lowest BCUT2D eigenvalue weighted by Crippen LogP contribution is -2.23. The lowest BCUT2D eigenvalue weighted by molar-refractivity contribution is 0.0949. The first-order valence-electron chi connectivity index (χ1n) is 7.87. The first-order chi connectivity index (χ1) is 12.1. The predicted molar refractivity (Wildman–Crippen MR) is 98.4 cm³/mol. The molecule has 0 aliphatic heterocycles. The summed E-state index contributed by atoms with van der Waals surface area (Å²) >= 11 is 3.39. The number of ether oxygens (including phenoxy) is 3. The molecule has 0 spiro atoms. The number of pyridine rings is 1. The van der Waals surface area contributed by atoms with Crippen LogP contribution in [0.25, 0.3) is 0 Å². The maximum absolute atomic E-state index is 12.5. The fraction of sp³-hybridized carbons (Fsp3) is 0.333. The lowest BCUT2D eigenvalue weighted by Gasteiger charge is -2.13. The van der Waals surface area contributed by atoms with Crippen LogP contribution < -0.4 is 19.5 Å². The van der Waals surface area contributed by atoms with E-state index in [1.165, 1.54) is 14.2 Å². The summed E-state index contributed by atoms with van der Waals surface area (Å²) in [4.78, 5) is 16.7. The van der Waals surface area contributed by atoms with E-state index in [1.807, 2.05) is 19.1 Å². The quantitative estimate of drug-likeness (QED) is 0.722. The van der Waals surface area contributed by atoms with E-state index < -0.39 is 0 Å². The number of nitrogens with one attached hydrogen (secondary N) is 1. The van der Waals surface area contributed by atoms with E-state index in [0.29, 0.717) is 40.6 Å². The van der Waals surface area contributed by atoms with Crippen LogP contribution in [0.4, 0.5) is 0 Å². The van der Waals surface area contributed by atoms with E-state index in [1.54, 1.807) is 18.3 Å². The van der Waals surface area contributed by atoms with Gasteiger partial charge in [0, 0.05) is 23.9 Å². The van der Waals surface area contributed by atoms with Crippen LogP contribution in [0.3, 0.4) is 0 Å². The molecule has 1 heterocycles. The third kappa shape index (κ3) is 4.85. The number of methoxy groups -OCH3 is 2. The number of hydrogen-bond acceptors (Lipinski definition) is 5. The van der Waals surface area contributed by atoms with Crippen LogP contribution in [0, 0.1) is 0 Å². The first kappa shape index (κ1) is 19.1. The number of benzene rings is 1. The normalized spacial score (nSPS) is 10.2. The van der Waals surface area contributed by atoms with Gasteiger partial charge in [0.2, 0.25) is 5.88 Å². The minimum atomic E-state index is -0.241. The van der Waals surface area contributed by atoms with Gasteiger partial charge in [-0.2, -0.15) is 0 Å². The molecule has 1 N–H and O–H groups in total. The summed E-state index contributed by atoms with van der Waals surface area (Å²) in [7, 11) is 3.07. The number of halogens is 1. The Morgan fingerprint density at radius 1 is 1.24 bits per heavy atom. The van der Waals surface area contributed by atoms with Crippen molar-refractivity contribution >= 4 is 21.8 Å². The van der Waals surface area contributed by atoms with Gasteiger partial charge in [0.15, 0.2) is 0 Å². The van der Waals surface area contributed by atoms with E-state index in [2.05, 4.69) is 26.2 Å². The maximum atomic E-state index is 12.5. The molecule has 25 heavy (non-hydrogen) atoms. The number of nitrogens with zero attached hydrogens (tertiary/aromatic N) is 1. The highest BCUT2D eigenvalue weighted by Crippen LogP contribution is 2.35. The van der Waals surface area contributed by atoms with Crippen LogP contribution in [0.15, 0.2) is 34.9 Å². The van der Waals surface area contributed by atoms with Crippen molar-refractivity contribution < 1.29 is 19.0 Å². The first-order valence-corrected chi connectivity index (χ1v) is 8.66. The number of hydrogen-bond donors (Lipinski definition) is 1. The maximum Gasteiger partial charge on any atom is 0.251 e. The number of carbonyl (C=O) groups is 1. The average molecular weight is 409 g/mol. The molecule has 2 aromatic rings. The Labute approximate surface area is 155 Å². The summed E-state index contributed by atoms with van der Waals surface area (Å²) in [6.45, 7) is 2.92. The van der Waals surface area contributed by atoms with Gasteiger partial charge < -0.3 is 19.5 Å². The fourth-order valence-electron chi connectivity index (χ4n) is 2.17. The van der Waals surface area contributed by atoms with Gasteiger partial charge in [-0.3, -0.25) is 4.79 Å². The molecule has 0 aliphatic rings. The molecule has 0 saturated heterocycles. The van der Waals surface area contributed by atoms with Crippen molar-refractivity contribution in [3.63, 3.8) is 0 Å². The second-order valence-corrected chi connectivity index (χ2v) is 5.99. The summed E-state index contributed by atoms with van der Waals surface area (Å²) in [5.41, 5.74) is 1.26. The summed E-state index contributed by atoms with van der Waals surface area (Å²) in [6, 6.07) is 6.99. The van der Waals surface area contributed by atoms with Crippen LogP contribution in [-0.4, -0.2) is 31.7 Å². The topological polar surface area (TPSA) is 69.7 Å². The Morgan fingerprint density at radius 2 is 1.92 bits per heavy atom. The number of aromatic nitrogens is 1. The molecular formula is C18H21BrN2O4. The van der Waals surface area contributed by atoms with Gasteiger partial charge in [-0.25, -0.2) is 4.98 Å². The number of rotatable bonds is 8. The molecule has 0 fully saturated rings. The standard InChI is InChI=1S/C18H21BrN2O4/c1-4-8-25-18-12(6-5-7-20-18)11-21-17(22)13-9-14(23-2)16(19)15(10-13)24-3/h5-7,9-10H,4,8,11H2,1-3H3,(H,21,22). The minimum Gasteiger partial charge on any atom is -0.495 e. The van der Waals surface area contributed by atoms with Crippen molar-refractivity contribution in [3.05, 3.63) is 46.1 Å². The Balaban J connectivity index is 2.13. The Morgan fingerprint density at radius 3 is 2.52 bits per heavy atom. The van der Waals surface area contributed by atoms with Gasteiger partial charge >= 0.3 is 0 Å². The third-order valence-corrected chi connectivity index (χ3v) is 4.22. The highest BCUT2D eigenvalue weighted by Gasteiger charge is 2.15. The highest BCUT2D eigenvalue weighted by atomic mass is 79.9. The fourth-order valence-corrected chi connectivity index (χ4v) is 2.72. The van der Waals surface area contributed by atoms with Gasteiger partial charge in [-0.05, 0) is 40.5 Å². The molecule has 7 heteroatoms. The summed E-state index contributed by atoms with van der Waals surface area (Å²) in [5, 5.41) is 2.87. The van der Waals surface area contributed by atoms with Gasteiger partial charge in [-0.15, -0.1) is 0 Å². The molecule has 134 valence electrons. The SMILES string of the molecule is CCCOc1ncccc1CNC(=O)c1cc(OC)c(Br)c(OC)c1. The van der Waals surface area contributed by atoms with Crippen LogP contribution in [0.1, 0.15) is 29.3 Å². The van der Waals surface area contributed by atoms with E-state index in [4.69, 9.17) is 14.2 Å². The molecule has 0 radical (unpaired) electrons. The second kappa shape index (κ2) is 9.27. The van der Waals surface area contributed by atoms with Gasteiger partial charge in [-0.1, -0.05) is 13.0 Å². The average Bonchev–Trinajstić information content (AvgIpc) is 2.65. The summed E-state index contributed by atoms with van der Waals surface area (Å²) in [5.74, 6) is 1.35. The molecule has 0 aliphatic carbocycles. The Bertz CT molecular complexity index is 712. The second-order valence-electron chi connectivity index (χ2n) is 5.19. The van der Waals surface area contributed by atoms with Gasteiger partial charge in [0.25, 0.3) is 5.91 Å². The van der Waals surface area contributed by atoms with Crippen LogP contribution in [-0.2, 0) is 6.54 Å². The molecule has 0 unspecified atom stereocenters. The van der Waals surface area contributed by atoms with E-state index in [-0.39, 0.29) is 5.91 Å². The molecule has 2 rings (SSSR count). The number of carbonyl (C=O) groups excluding carboxylic acids is 1. The van der Waals surface area contributed by atoms with Crippen molar-refractivity contribution in [1.82, 2.24) is 10.3 Å². The van der Waals surface area contributed by atoms with Crippen LogP contribution in [0.5, 0.6) is 17.4 Å². The predicted octanol–water partition coefficient (Wildman–Crippen LogP) is 3.58. The monoisotopic (exact) mass is 408 g/mol. The molecule has 1 aromatic heterocycles. The minimum absolute atomic E-state index is 0.241. The van der Waals surface area contributed by atoms with E-state index in [9.17, 15) is 4.79 Å². The van der Waals surface area contributed by atoms with E-state index >= 15 is 0 Å². The van der Waals surface area contributed by atoms with Crippen molar-refractivity contribution in [2.45, 2.75) is 19.9 Å². The molecule has 0 saturated carbocycles. The van der Waals surface area contributed by atoms with Gasteiger partial charge in [0.05, 0.1) is 20.8 Å². The smallest absolute Gasteiger partial charge is 0.251 e. The molecule has 1 aromatic carbocycles. The van der Waals surface area contributed by atoms with E-state index in [0.717, 1.165) is 12.0 Å². The molecule has 0 atom stereocenters. The molecule has 0 bridgehead atoms. The Hall–Kier alpha value is -2.28. The summed E-state index contributed by atoms with van der Waals surface area (Å²) < 4.78 is 16.8.